The molecule has 1 atom stereocenters. The molecule has 0 aliphatic carbocycles. The van der Waals surface area contributed by atoms with Gasteiger partial charge in [-0.05, 0) is 59.4 Å². The second kappa shape index (κ2) is 14.7. The van der Waals surface area contributed by atoms with Gasteiger partial charge in [0, 0.05) is 19.5 Å². The summed E-state index contributed by atoms with van der Waals surface area (Å²) in [5.74, 6) is 0.444. The number of nitrogens with zero attached hydrogens (tertiary/aromatic N) is 1. The topological polar surface area (TPSA) is 67.9 Å². The monoisotopic (exact) mass is 554 g/mol. The fourth-order valence-electron chi connectivity index (χ4n) is 4.72. The van der Waals surface area contributed by atoms with Gasteiger partial charge in [0.15, 0.2) is 11.5 Å². The summed E-state index contributed by atoms with van der Waals surface area (Å²) >= 11 is 0. The van der Waals surface area contributed by atoms with Crippen LogP contribution in [-0.4, -0.2) is 37.5 Å². The van der Waals surface area contributed by atoms with Crippen molar-refractivity contribution in [2.75, 3.05) is 20.8 Å². The van der Waals surface area contributed by atoms with Crippen LogP contribution in [0.5, 0.6) is 11.5 Å². The molecule has 0 aliphatic heterocycles. The SMILES string of the molecule is COc1ccc(CCNC(=O)[C@@H](c2ccccc2)N(Cc2ccc(F)cc2)C(=O)CCc2ccccc2)cc1OC. The number of methoxy groups -OCH3 is 2. The molecule has 0 saturated heterocycles. The standard InChI is InChI=1S/C34H35FN2O4/c1-40-30-19-15-26(23-31(30)41-2)21-22-36-34(39)33(28-11-7-4-8-12-28)37(24-27-13-17-29(35)18-14-27)32(38)20-16-25-9-5-3-6-10-25/h3-15,17-19,23,33H,16,20-22,24H2,1-2H3,(H,36,39)/t33-/m1/s1. The lowest BCUT2D eigenvalue weighted by Crippen LogP contribution is -2.44. The van der Waals surface area contributed by atoms with E-state index >= 15 is 0 Å². The van der Waals surface area contributed by atoms with E-state index in [-0.39, 0.29) is 30.6 Å². The van der Waals surface area contributed by atoms with Gasteiger partial charge in [-0.3, -0.25) is 9.59 Å². The third kappa shape index (κ3) is 8.18. The van der Waals surface area contributed by atoms with Gasteiger partial charge < -0.3 is 19.7 Å². The van der Waals surface area contributed by atoms with Crippen LogP contribution < -0.4 is 14.8 Å². The van der Waals surface area contributed by atoms with Gasteiger partial charge in [0.1, 0.15) is 11.9 Å². The van der Waals surface area contributed by atoms with Gasteiger partial charge >= 0.3 is 0 Å². The summed E-state index contributed by atoms with van der Waals surface area (Å²) in [6.07, 6.45) is 1.34. The van der Waals surface area contributed by atoms with Crippen LogP contribution in [0, 0.1) is 5.82 Å². The fourth-order valence-corrected chi connectivity index (χ4v) is 4.72. The number of amides is 2. The molecular formula is C34H35FN2O4. The molecule has 6 nitrogen and oxygen atoms in total. The second-order valence-corrected chi connectivity index (χ2v) is 9.68. The smallest absolute Gasteiger partial charge is 0.247 e. The quantitative estimate of drug-likeness (QED) is 0.223. The summed E-state index contributed by atoms with van der Waals surface area (Å²) in [5, 5.41) is 3.03. The van der Waals surface area contributed by atoms with Crippen LogP contribution in [0.2, 0.25) is 0 Å². The minimum atomic E-state index is -0.866. The zero-order valence-corrected chi connectivity index (χ0v) is 23.4. The first-order valence-corrected chi connectivity index (χ1v) is 13.6. The summed E-state index contributed by atoms with van der Waals surface area (Å²) in [6, 6.07) is 29.8. The van der Waals surface area contributed by atoms with E-state index in [0.29, 0.717) is 36.4 Å². The van der Waals surface area contributed by atoms with E-state index in [2.05, 4.69) is 5.32 Å². The fraction of sp³-hybridized carbons (Fsp3) is 0.235. The van der Waals surface area contributed by atoms with Crippen LogP contribution in [-0.2, 0) is 29.0 Å². The van der Waals surface area contributed by atoms with Crippen molar-refractivity contribution in [1.82, 2.24) is 10.2 Å². The van der Waals surface area contributed by atoms with Crippen LogP contribution >= 0.6 is 0 Å². The molecule has 0 saturated carbocycles. The highest BCUT2D eigenvalue weighted by atomic mass is 19.1. The first-order chi connectivity index (χ1) is 20.0. The average molecular weight is 555 g/mol. The van der Waals surface area contributed by atoms with Crippen molar-refractivity contribution >= 4 is 11.8 Å². The van der Waals surface area contributed by atoms with Crippen molar-refractivity contribution in [3.63, 3.8) is 0 Å². The van der Waals surface area contributed by atoms with E-state index < -0.39 is 6.04 Å². The molecule has 4 aromatic carbocycles. The van der Waals surface area contributed by atoms with Crippen LogP contribution in [0.1, 0.15) is 34.7 Å². The van der Waals surface area contributed by atoms with E-state index in [1.165, 1.54) is 12.1 Å². The molecule has 4 aromatic rings. The molecule has 41 heavy (non-hydrogen) atoms. The predicted molar refractivity (Wildman–Crippen MR) is 157 cm³/mol. The average Bonchev–Trinajstić information content (AvgIpc) is 3.01. The Kier molecular flexibility index (Phi) is 10.5. The first kappa shape index (κ1) is 29.3. The number of nitrogens with one attached hydrogen (secondary N) is 1. The number of aryl methyl sites for hydroxylation is 1. The number of hydrogen-bond acceptors (Lipinski definition) is 4. The third-order valence-electron chi connectivity index (χ3n) is 6.89. The molecule has 7 heteroatoms. The highest BCUT2D eigenvalue weighted by Gasteiger charge is 2.31. The first-order valence-electron chi connectivity index (χ1n) is 13.6. The molecule has 0 aliphatic rings. The summed E-state index contributed by atoms with van der Waals surface area (Å²) in [7, 11) is 3.17. The largest absolute Gasteiger partial charge is 0.493 e. The normalized spacial score (nSPS) is 11.4. The van der Waals surface area contributed by atoms with E-state index in [9.17, 15) is 14.0 Å². The van der Waals surface area contributed by atoms with E-state index in [4.69, 9.17) is 9.47 Å². The Morgan fingerprint density at radius 2 is 1.39 bits per heavy atom. The lowest BCUT2D eigenvalue weighted by Gasteiger charge is -2.32. The lowest BCUT2D eigenvalue weighted by molar-refractivity contribution is -0.141. The molecule has 0 spiro atoms. The van der Waals surface area contributed by atoms with Crippen molar-refractivity contribution in [1.29, 1.82) is 0 Å². The second-order valence-electron chi connectivity index (χ2n) is 9.68. The number of carbonyl (C=O) groups excluding carboxylic acids is 2. The summed E-state index contributed by atoms with van der Waals surface area (Å²) in [5.41, 5.74) is 3.45. The van der Waals surface area contributed by atoms with E-state index in [1.54, 1.807) is 31.3 Å². The molecule has 0 radical (unpaired) electrons. The summed E-state index contributed by atoms with van der Waals surface area (Å²) in [6.45, 7) is 0.525. The molecular weight excluding hydrogens is 519 g/mol. The van der Waals surface area contributed by atoms with Crippen molar-refractivity contribution in [3.05, 3.63) is 131 Å². The maximum Gasteiger partial charge on any atom is 0.247 e. The van der Waals surface area contributed by atoms with Gasteiger partial charge in [-0.2, -0.15) is 0 Å². The van der Waals surface area contributed by atoms with E-state index in [1.807, 2.05) is 78.9 Å². The Hall–Kier alpha value is -4.65. The Morgan fingerprint density at radius 3 is 2.05 bits per heavy atom. The van der Waals surface area contributed by atoms with Gasteiger partial charge in [-0.1, -0.05) is 78.9 Å². The van der Waals surface area contributed by atoms with Crippen LogP contribution in [0.4, 0.5) is 4.39 Å². The van der Waals surface area contributed by atoms with Crippen LogP contribution in [0.15, 0.2) is 103 Å². The Labute approximate surface area is 240 Å². The maximum absolute atomic E-state index is 13.8. The van der Waals surface area contributed by atoms with Crippen LogP contribution in [0.3, 0.4) is 0 Å². The Balaban J connectivity index is 1.56. The number of hydrogen-bond donors (Lipinski definition) is 1. The maximum atomic E-state index is 13.8. The van der Waals surface area contributed by atoms with Crippen molar-refractivity contribution < 1.29 is 23.5 Å². The Morgan fingerprint density at radius 1 is 0.756 bits per heavy atom. The molecule has 0 fully saturated rings. The van der Waals surface area contributed by atoms with Gasteiger partial charge in [-0.25, -0.2) is 4.39 Å². The molecule has 212 valence electrons. The number of carbonyl (C=O) groups is 2. The molecule has 1 N–H and O–H groups in total. The highest BCUT2D eigenvalue weighted by Crippen LogP contribution is 2.28. The summed E-state index contributed by atoms with van der Waals surface area (Å²) in [4.78, 5) is 29.2. The highest BCUT2D eigenvalue weighted by molar-refractivity contribution is 5.88. The van der Waals surface area contributed by atoms with Crippen molar-refractivity contribution in [2.24, 2.45) is 0 Å². The van der Waals surface area contributed by atoms with Crippen molar-refractivity contribution in [2.45, 2.75) is 31.8 Å². The number of benzene rings is 4. The third-order valence-corrected chi connectivity index (χ3v) is 6.89. The minimum absolute atomic E-state index is 0.163. The molecule has 0 bridgehead atoms. The van der Waals surface area contributed by atoms with E-state index in [0.717, 1.165) is 16.7 Å². The molecule has 2 amide bonds. The minimum Gasteiger partial charge on any atom is -0.493 e. The summed E-state index contributed by atoms with van der Waals surface area (Å²) < 4.78 is 24.4. The lowest BCUT2D eigenvalue weighted by atomic mass is 10.0. The van der Waals surface area contributed by atoms with Gasteiger partial charge in [0.25, 0.3) is 0 Å². The zero-order chi connectivity index (χ0) is 29.0. The van der Waals surface area contributed by atoms with Gasteiger partial charge in [0.05, 0.1) is 14.2 Å². The Bertz CT molecular complexity index is 1410. The molecule has 4 rings (SSSR count). The number of rotatable bonds is 13. The predicted octanol–water partition coefficient (Wildman–Crippen LogP) is 5.90. The zero-order valence-electron chi connectivity index (χ0n) is 23.4. The van der Waals surface area contributed by atoms with Crippen LogP contribution in [0.25, 0.3) is 0 Å². The molecule has 0 heterocycles. The number of halogens is 1. The molecule has 0 aromatic heterocycles. The molecule has 0 unspecified atom stereocenters. The van der Waals surface area contributed by atoms with Crippen molar-refractivity contribution in [3.8, 4) is 11.5 Å². The van der Waals surface area contributed by atoms with Gasteiger partial charge in [-0.15, -0.1) is 0 Å². The van der Waals surface area contributed by atoms with Gasteiger partial charge in [0.2, 0.25) is 11.8 Å². The number of ether oxygens (including phenoxy) is 2.